The average Bonchev–Trinajstić information content (AvgIpc) is 3.44. The van der Waals surface area contributed by atoms with Gasteiger partial charge in [0, 0.05) is 50.6 Å². The molecule has 2 aromatic rings. The first-order chi connectivity index (χ1) is 14.9. The fourth-order valence-electron chi connectivity index (χ4n) is 5.92. The topological polar surface area (TPSA) is 68.4 Å². The summed E-state index contributed by atoms with van der Waals surface area (Å²) >= 11 is 0. The van der Waals surface area contributed by atoms with Gasteiger partial charge in [-0.05, 0) is 62.1 Å². The number of nitrogens with one attached hydrogen (secondary N) is 2. The smallest absolute Gasteiger partial charge is 0.267 e. The van der Waals surface area contributed by atoms with E-state index in [1.54, 1.807) is 19.1 Å². The molecule has 1 saturated carbocycles. The van der Waals surface area contributed by atoms with E-state index in [0.29, 0.717) is 34.5 Å². The summed E-state index contributed by atoms with van der Waals surface area (Å²) in [4.78, 5) is 32.2. The van der Waals surface area contributed by atoms with E-state index in [1.165, 1.54) is 12.5 Å². The lowest BCUT2D eigenvalue weighted by atomic mass is 9.90. The first-order valence-corrected chi connectivity index (χ1v) is 11.5. The van der Waals surface area contributed by atoms with Crippen molar-refractivity contribution in [3.05, 3.63) is 35.3 Å². The van der Waals surface area contributed by atoms with Crippen LogP contribution in [0.3, 0.4) is 0 Å². The molecule has 1 aromatic heterocycles. The standard InChI is InChI=1S/C24H31FN4O2/c1-14-6-7-21(25)20-9-22(27-23(14)20)24(31)26-18-4-3-5-19(8-18)29-12-16-10-28(15(2)30)11-17(16)13-29/h6-7,9,16-19,27H,3-5,8,10-13H2,1-2H3,(H,26,31)/t16-,17+,18-,19-/m1/s1. The molecule has 3 aliphatic rings. The van der Waals surface area contributed by atoms with Crippen LogP contribution in [0.2, 0.25) is 0 Å². The second-order valence-corrected chi connectivity index (χ2v) is 9.72. The Morgan fingerprint density at radius 2 is 1.87 bits per heavy atom. The maximum absolute atomic E-state index is 14.1. The van der Waals surface area contributed by atoms with E-state index >= 15 is 0 Å². The second kappa shape index (κ2) is 7.93. The molecule has 2 aliphatic heterocycles. The van der Waals surface area contributed by atoms with Crippen LogP contribution in [0.4, 0.5) is 4.39 Å². The highest BCUT2D eigenvalue weighted by atomic mass is 19.1. The number of aromatic nitrogens is 1. The molecular weight excluding hydrogens is 395 g/mol. The van der Waals surface area contributed by atoms with Crippen LogP contribution in [-0.2, 0) is 4.79 Å². The van der Waals surface area contributed by atoms with Crippen molar-refractivity contribution in [3.8, 4) is 0 Å². The second-order valence-electron chi connectivity index (χ2n) is 9.72. The third-order valence-electron chi connectivity index (χ3n) is 7.65. The lowest BCUT2D eigenvalue weighted by molar-refractivity contribution is -0.128. The molecule has 2 saturated heterocycles. The lowest BCUT2D eigenvalue weighted by Gasteiger charge is -2.36. The van der Waals surface area contributed by atoms with Crippen LogP contribution in [0.1, 0.15) is 48.7 Å². The molecule has 6 nitrogen and oxygen atoms in total. The van der Waals surface area contributed by atoms with Crippen LogP contribution in [0.5, 0.6) is 0 Å². The van der Waals surface area contributed by atoms with Gasteiger partial charge in [0.15, 0.2) is 0 Å². The van der Waals surface area contributed by atoms with Gasteiger partial charge in [0.05, 0.1) is 5.52 Å². The summed E-state index contributed by atoms with van der Waals surface area (Å²) in [6, 6.07) is 5.41. The maximum Gasteiger partial charge on any atom is 0.267 e. The molecule has 3 heterocycles. The van der Waals surface area contributed by atoms with Crippen molar-refractivity contribution in [3.63, 3.8) is 0 Å². The summed E-state index contributed by atoms with van der Waals surface area (Å²) in [5.41, 5.74) is 2.04. The predicted molar refractivity (Wildman–Crippen MR) is 117 cm³/mol. The van der Waals surface area contributed by atoms with E-state index in [9.17, 15) is 14.0 Å². The van der Waals surface area contributed by atoms with Crippen LogP contribution < -0.4 is 5.32 Å². The Balaban J connectivity index is 1.21. The molecule has 2 amide bonds. The highest BCUT2D eigenvalue weighted by molar-refractivity contribution is 5.99. The number of H-pyrrole nitrogens is 1. The Labute approximate surface area is 182 Å². The highest BCUT2D eigenvalue weighted by Crippen LogP contribution is 2.35. The number of aryl methyl sites for hydroxylation is 1. The summed E-state index contributed by atoms with van der Waals surface area (Å²) in [6.45, 7) is 7.46. The zero-order valence-corrected chi connectivity index (χ0v) is 18.3. The normalized spacial score (nSPS) is 28.8. The Kier molecular flexibility index (Phi) is 5.24. The summed E-state index contributed by atoms with van der Waals surface area (Å²) in [6.07, 6.45) is 4.20. The van der Waals surface area contributed by atoms with Crippen LogP contribution in [-0.4, -0.2) is 64.9 Å². The van der Waals surface area contributed by atoms with Crippen LogP contribution >= 0.6 is 0 Å². The van der Waals surface area contributed by atoms with E-state index in [1.807, 2.05) is 11.8 Å². The number of hydrogen-bond acceptors (Lipinski definition) is 3. The molecule has 0 spiro atoms. The van der Waals surface area contributed by atoms with Crippen molar-refractivity contribution in [2.24, 2.45) is 11.8 Å². The molecule has 0 radical (unpaired) electrons. The number of rotatable bonds is 3. The van der Waals surface area contributed by atoms with Crippen molar-refractivity contribution < 1.29 is 14.0 Å². The summed E-state index contributed by atoms with van der Waals surface area (Å²) in [7, 11) is 0. The van der Waals surface area contributed by atoms with Crippen molar-refractivity contribution in [2.45, 2.75) is 51.6 Å². The number of amides is 2. The lowest BCUT2D eigenvalue weighted by Crippen LogP contribution is -2.46. The van der Waals surface area contributed by atoms with E-state index in [2.05, 4.69) is 15.2 Å². The van der Waals surface area contributed by atoms with Crippen molar-refractivity contribution in [1.29, 1.82) is 0 Å². The number of halogens is 1. The van der Waals surface area contributed by atoms with Gasteiger partial charge in [-0.15, -0.1) is 0 Å². The zero-order valence-electron chi connectivity index (χ0n) is 18.3. The Morgan fingerprint density at radius 3 is 2.55 bits per heavy atom. The molecule has 2 N–H and O–H groups in total. The highest BCUT2D eigenvalue weighted by Gasteiger charge is 2.43. The number of benzene rings is 1. The van der Waals surface area contributed by atoms with Crippen molar-refractivity contribution in [2.75, 3.05) is 26.2 Å². The maximum atomic E-state index is 14.1. The zero-order chi connectivity index (χ0) is 21.7. The number of aromatic amines is 1. The van der Waals surface area contributed by atoms with E-state index < -0.39 is 0 Å². The number of fused-ring (bicyclic) bond motifs is 2. The Hall–Kier alpha value is -2.41. The van der Waals surface area contributed by atoms with Gasteiger partial charge in [-0.1, -0.05) is 6.07 Å². The van der Waals surface area contributed by atoms with Crippen molar-refractivity contribution in [1.82, 2.24) is 20.1 Å². The van der Waals surface area contributed by atoms with Crippen LogP contribution in [0, 0.1) is 24.6 Å². The molecule has 4 atom stereocenters. The fraction of sp³-hybridized carbons (Fsp3) is 0.583. The fourth-order valence-corrected chi connectivity index (χ4v) is 5.92. The Morgan fingerprint density at radius 1 is 1.13 bits per heavy atom. The molecular formula is C24H31FN4O2. The Bertz CT molecular complexity index is 965. The number of carbonyl (C=O) groups excluding carboxylic acids is 2. The molecule has 1 aromatic carbocycles. The van der Waals surface area contributed by atoms with Gasteiger partial charge in [-0.3, -0.25) is 14.5 Å². The quantitative estimate of drug-likeness (QED) is 0.793. The van der Waals surface area contributed by atoms with Crippen molar-refractivity contribution >= 4 is 22.7 Å². The van der Waals surface area contributed by atoms with E-state index in [0.717, 1.165) is 51.0 Å². The third kappa shape index (κ3) is 3.84. The summed E-state index contributed by atoms with van der Waals surface area (Å²) in [5, 5.41) is 3.66. The first-order valence-electron chi connectivity index (χ1n) is 11.5. The third-order valence-corrected chi connectivity index (χ3v) is 7.65. The van der Waals surface area contributed by atoms with Gasteiger partial charge in [0.25, 0.3) is 5.91 Å². The minimum absolute atomic E-state index is 0.137. The number of likely N-dealkylation sites (tertiary alicyclic amines) is 2. The summed E-state index contributed by atoms with van der Waals surface area (Å²) in [5.74, 6) is 0.896. The number of hydrogen-bond donors (Lipinski definition) is 2. The minimum Gasteiger partial charge on any atom is -0.350 e. The average molecular weight is 427 g/mol. The number of nitrogens with zero attached hydrogens (tertiary/aromatic N) is 2. The van der Waals surface area contributed by atoms with Gasteiger partial charge < -0.3 is 15.2 Å². The first kappa shape index (κ1) is 20.5. The number of carbonyl (C=O) groups is 2. The molecule has 31 heavy (non-hydrogen) atoms. The molecule has 0 bridgehead atoms. The molecule has 3 fully saturated rings. The molecule has 1 aliphatic carbocycles. The van der Waals surface area contributed by atoms with Gasteiger partial charge in [-0.2, -0.15) is 0 Å². The van der Waals surface area contributed by atoms with Gasteiger partial charge >= 0.3 is 0 Å². The monoisotopic (exact) mass is 426 g/mol. The predicted octanol–water partition coefficient (Wildman–Crippen LogP) is 3.07. The molecule has 166 valence electrons. The van der Waals surface area contributed by atoms with Crippen LogP contribution in [0.15, 0.2) is 18.2 Å². The van der Waals surface area contributed by atoms with Gasteiger partial charge in [-0.25, -0.2) is 4.39 Å². The molecule has 7 heteroatoms. The van der Waals surface area contributed by atoms with Gasteiger partial charge in [0.1, 0.15) is 11.5 Å². The van der Waals surface area contributed by atoms with Crippen LogP contribution in [0.25, 0.3) is 10.9 Å². The minimum atomic E-state index is -0.309. The van der Waals surface area contributed by atoms with E-state index in [-0.39, 0.29) is 23.7 Å². The molecule has 0 unspecified atom stereocenters. The largest absolute Gasteiger partial charge is 0.350 e. The molecule has 5 rings (SSSR count). The van der Waals surface area contributed by atoms with Gasteiger partial charge in [0.2, 0.25) is 5.91 Å². The van der Waals surface area contributed by atoms with E-state index in [4.69, 9.17) is 0 Å². The summed E-state index contributed by atoms with van der Waals surface area (Å²) < 4.78 is 14.1. The SMILES string of the molecule is CC(=O)N1C[C@@H]2CN([C@@H]3CCC[C@@H](NC(=O)c4cc5c(F)ccc(C)c5[nH]4)C3)C[C@@H]2C1.